The highest BCUT2D eigenvalue weighted by atomic mass is 19.1. The molecule has 4 atom stereocenters. The molecule has 4 unspecified atom stereocenters. The van der Waals surface area contributed by atoms with Gasteiger partial charge in [-0.1, -0.05) is 31.2 Å². The molecule has 0 aromatic heterocycles. The van der Waals surface area contributed by atoms with E-state index in [2.05, 4.69) is 6.92 Å². The van der Waals surface area contributed by atoms with Crippen molar-refractivity contribution in [1.82, 2.24) is 4.90 Å². The molecule has 5 nitrogen and oxygen atoms in total. The number of phenolic OH excluding ortho intramolecular Hbond substituents is 1. The van der Waals surface area contributed by atoms with E-state index in [1.54, 1.807) is 41.3 Å². The zero-order chi connectivity index (χ0) is 21.7. The van der Waals surface area contributed by atoms with Gasteiger partial charge < -0.3 is 14.7 Å². The fraction of sp³-hybridized carbons (Fsp3) is 0.360. The SMILES string of the molecule is CC1CCC2OC3=C(C(=O)C2C1)C(c1cccc(O)c1)N(Cc1ccc(F)cc1)C3=O. The number of Topliss-reactive ketones (excluding diaryl/α,β-unsaturated/α-hetero) is 1. The third-order valence-electron chi connectivity index (χ3n) is 6.66. The highest BCUT2D eigenvalue weighted by Gasteiger charge is 2.52. The Kier molecular flexibility index (Phi) is 4.80. The molecule has 5 rings (SSSR count). The smallest absolute Gasteiger partial charge is 0.290 e. The summed E-state index contributed by atoms with van der Waals surface area (Å²) in [5.41, 5.74) is 1.78. The first kappa shape index (κ1) is 19.8. The van der Waals surface area contributed by atoms with Crippen LogP contribution in [0.1, 0.15) is 43.4 Å². The number of carbonyl (C=O) groups excluding carboxylic acids is 2. The van der Waals surface area contributed by atoms with E-state index in [0.29, 0.717) is 17.1 Å². The van der Waals surface area contributed by atoms with E-state index in [4.69, 9.17) is 4.74 Å². The second kappa shape index (κ2) is 7.52. The van der Waals surface area contributed by atoms with Gasteiger partial charge in [-0.2, -0.15) is 0 Å². The van der Waals surface area contributed by atoms with Gasteiger partial charge in [0.1, 0.15) is 17.7 Å². The minimum atomic E-state index is -0.648. The fourth-order valence-electron chi connectivity index (χ4n) is 5.12. The van der Waals surface area contributed by atoms with Gasteiger partial charge in [0.2, 0.25) is 0 Å². The van der Waals surface area contributed by atoms with Gasteiger partial charge in [-0.15, -0.1) is 0 Å². The quantitative estimate of drug-likeness (QED) is 0.804. The maximum atomic E-state index is 13.6. The number of ketones is 1. The Balaban J connectivity index is 1.57. The topological polar surface area (TPSA) is 66.8 Å². The number of aromatic hydroxyl groups is 1. The van der Waals surface area contributed by atoms with Crippen LogP contribution in [0.2, 0.25) is 0 Å². The minimum Gasteiger partial charge on any atom is -0.508 e. The van der Waals surface area contributed by atoms with Crippen LogP contribution < -0.4 is 0 Å². The second-order valence-electron chi connectivity index (χ2n) is 8.85. The van der Waals surface area contributed by atoms with Gasteiger partial charge in [-0.05, 0) is 60.6 Å². The van der Waals surface area contributed by atoms with Crippen LogP contribution >= 0.6 is 0 Å². The summed E-state index contributed by atoms with van der Waals surface area (Å²) in [6.07, 6.45) is 2.22. The number of benzene rings is 2. The molecule has 1 fully saturated rings. The first-order chi connectivity index (χ1) is 14.9. The Morgan fingerprint density at radius 1 is 1.13 bits per heavy atom. The van der Waals surface area contributed by atoms with Crippen molar-refractivity contribution in [1.29, 1.82) is 0 Å². The van der Waals surface area contributed by atoms with E-state index in [1.807, 2.05) is 0 Å². The number of ether oxygens (including phenoxy) is 1. The predicted octanol–water partition coefficient (Wildman–Crippen LogP) is 4.27. The second-order valence-corrected chi connectivity index (χ2v) is 8.85. The number of halogens is 1. The molecule has 2 aromatic carbocycles. The van der Waals surface area contributed by atoms with E-state index >= 15 is 0 Å². The molecule has 31 heavy (non-hydrogen) atoms. The van der Waals surface area contributed by atoms with Gasteiger partial charge in [0.15, 0.2) is 11.5 Å². The highest BCUT2D eigenvalue weighted by molar-refractivity contribution is 6.11. The van der Waals surface area contributed by atoms with Crippen LogP contribution in [-0.4, -0.2) is 27.8 Å². The molecular formula is C25H24FNO4. The molecular weight excluding hydrogens is 397 g/mol. The number of nitrogens with zero attached hydrogens (tertiary/aromatic N) is 1. The van der Waals surface area contributed by atoms with Crippen LogP contribution in [0.5, 0.6) is 5.75 Å². The molecule has 0 radical (unpaired) electrons. The summed E-state index contributed by atoms with van der Waals surface area (Å²) in [6.45, 7) is 2.34. The van der Waals surface area contributed by atoms with E-state index < -0.39 is 6.04 Å². The van der Waals surface area contributed by atoms with Crippen molar-refractivity contribution in [2.24, 2.45) is 11.8 Å². The Bertz CT molecular complexity index is 1080. The number of phenols is 1. The Labute approximate surface area is 180 Å². The lowest BCUT2D eigenvalue weighted by atomic mass is 9.74. The number of hydrogen-bond acceptors (Lipinski definition) is 4. The summed E-state index contributed by atoms with van der Waals surface area (Å²) in [6, 6.07) is 11.9. The van der Waals surface area contributed by atoms with E-state index in [1.165, 1.54) is 12.1 Å². The molecule has 160 valence electrons. The van der Waals surface area contributed by atoms with Gasteiger partial charge in [-0.25, -0.2) is 4.39 Å². The molecule has 3 aliphatic rings. The molecule has 6 heteroatoms. The van der Waals surface area contributed by atoms with Crippen LogP contribution in [0.15, 0.2) is 59.9 Å². The Hall–Kier alpha value is -3.15. The van der Waals surface area contributed by atoms with Crippen LogP contribution in [-0.2, 0) is 20.9 Å². The maximum Gasteiger partial charge on any atom is 0.290 e. The predicted molar refractivity (Wildman–Crippen MR) is 111 cm³/mol. The van der Waals surface area contributed by atoms with Crippen LogP contribution in [0.3, 0.4) is 0 Å². The molecule has 0 saturated heterocycles. The first-order valence-electron chi connectivity index (χ1n) is 10.7. The summed E-state index contributed by atoms with van der Waals surface area (Å²) in [7, 11) is 0. The summed E-state index contributed by atoms with van der Waals surface area (Å²) < 4.78 is 19.5. The first-order valence-corrected chi connectivity index (χ1v) is 10.7. The summed E-state index contributed by atoms with van der Waals surface area (Å²) in [5, 5.41) is 10.1. The number of hydrogen-bond donors (Lipinski definition) is 1. The number of carbonyl (C=O) groups is 2. The average Bonchev–Trinajstić information content (AvgIpc) is 3.02. The van der Waals surface area contributed by atoms with Crippen molar-refractivity contribution >= 4 is 11.7 Å². The molecule has 1 N–H and O–H groups in total. The normalized spacial score (nSPS) is 27.7. The third-order valence-corrected chi connectivity index (χ3v) is 6.66. The van der Waals surface area contributed by atoms with E-state index in [9.17, 15) is 19.1 Å². The van der Waals surface area contributed by atoms with Gasteiger partial charge in [0, 0.05) is 6.54 Å². The molecule has 1 aliphatic carbocycles. The average molecular weight is 421 g/mol. The minimum absolute atomic E-state index is 0.0268. The van der Waals surface area contributed by atoms with Crippen LogP contribution in [0.4, 0.5) is 4.39 Å². The molecule has 0 bridgehead atoms. The van der Waals surface area contributed by atoms with Crippen LogP contribution in [0.25, 0.3) is 0 Å². The van der Waals surface area contributed by atoms with Crippen molar-refractivity contribution in [3.63, 3.8) is 0 Å². The summed E-state index contributed by atoms with van der Waals surface area (Å²) >= 11 is 0. The summed E-state index contributed by atoms with van der Waals surface area (Å²) in [4.78, 5) is 28.6. The van der Waals surface area contributed by atoms with E-state index in [-0.39, 0.29) is 47.6 Å². The van der Waals surface area contributed by atoms with Gasteiger partial charge in [-0.3, -0.25) is 9.59 Å². The largest absolute Gasteiger partial charge is 0.508 e. The van der Waals surface area contributed by atoms with Crippen molar-refractivity contribution in [3.05, 3.63) is 76.8 Å². The third kappa shape index (κ3) is 3.40. The van der Waals surface area contributed by atoms with Crippen molar-refractivity contribution in [2.75, 3.05) is 0 Å². The lowest BCUT2D eigenvalue weighted by Gasteiger charge is -2.37. The molecule has 2 aliphatic heterocycles. The Morgan fingerprint density at radius 2 is 1.90 bits per heavy atom. The summed E-state index contributed by atoms with van der Waals surface area (Å²) in [5.74, 6) is -0.330. The van der Waals surface area contributed by atoms with Crippen molar-refractivity contribution in [3.8, 4) is 5.75 Å². The monoisotopic (exact) mass is 421 g/mol. The van der Waals surface area contributed by atoms with Crippen molar-refractivity contribution < 1.29 is 23.8 Å². The maximum absolute atomic E-state index is 13.6. The zero-order valence-corrected chi connectivity index (χ0v) is 17.3. The lowest BCUT2D eigenvalue weighted by Crippen LogP contribution is -2.41. The van der Waals surface area contributed by atoms with Gasteiger partial charge >= 0.3 is 0 Å². The number of rotatable bonds is 3. The van der Waals surface area contributed by atoms with Gasteiger partial charge in [0.25, 0.3) is 5.91 Å². The fourth-order valence-corrected chi connectivity index (χ4v) is 5.12. The number of fused-ring (bicyclic) bond motifs is 1. The Morgan fingerprint density at radius 3 is 2.65 bits per heavy atom. The van der Waals surface area contributed by atoms with Crippen LogP contribution in [0, 0.1) is 17.7 Å². The molecule has 0 spiro atoms. The van der Waals surface area contributed by atoms with E-state index in [0.717, 1.165) is 24.8 Å². The highest BCUT2D eigenvalue weighted by Crippen LogP contribution is 2.48. The molecule has 1 saturated carbocycles. The molecule has 1 amide bonds. The standard InChI is InChI=1S/C25H24FNO4/c1-14-5-10-20-19(11-14)23(29)21-22(16-3-2-4-18(28)12-16)27(25(30)24(21)31-20)13-15-6-8-17(26)9-7-15/h2-4,6-9,12,14,19-20,22,28H,5,10-11,13H2,1H3. The van der Waals surface area contributed by atoms with Crippen molar-refractivity contribution in [2.45, 2.75) is 44.9 Å². The zero-order valence-electron chi connectivity index (χ0n) is 17.3. The molecule has 2 aromatic rings. The number of amides is 1. The lowest BCUT2D eigenvalue weighted by molar-refractivity contribution is -0.136. The molecule has 2 heterocycles. The van der Waals surface area contributed by atoms with Gasteiger partial charge in [0.05, 0.1) is 17.5 Å².